The van der Waals surface area contributed by atoms with Crippen LogP contribution in [0.4, 0.5) is 0 Å². The van der Waals surface area contributed by atoms with E-state index in [1.165, 1.54) is 37.7 Å². The van der Waals surface area contributed by atoms with Crippen LogP contribution < -0.4 is 10.1 Å². The molecule has 0 heterocycles. The fourth-order valence-corrected chi connectivity index (χ4v) is 3.30. The van der Waals surface area contributed by atoms with Crippen molar-refractivity contribution in [2.45, 2.75) is 58.0 Å². The number of rotatable bonds is 6. The Morgan fingerprint density at radius 2 is 2.00 bits per heavy atom. The molecule has 0 radical (unpaired) electrons. The van der Waals surface area contributed by atoms with Crippen molar-refractivity contribution in [3.05, 3.63) is 29.8 Å². The third-order valence-corrected chi connectivity index (χ3v) is 4.58. The van der Waals surface area contributed by atoms with E-state index in [1.807, 2.05) is 18.2 Å². The Kier molecular flexibility index (Phi) is 6.07. The SMILES string of the molecule is CCC1CCCCC1NC(C)c1ccc(OCC#N)cc1. The molecule has 2 rings (SSSR count). The Morgan fingerprint density at radius 3 is 2.67 bits per heavy atom. The molecule has 1 aromatic rings. The van der Waals surface area contributed by atoms with Crippen molar-refractivity contribution in [1.82, 2.24) is 5.32 Å². The van der Waals surface area contributed by atoms with Gasteiger partial charge in [-0.15, -0.1) is 0 Å². The molecule has 3 unspecified atom stereocenters. The lowest BCUT2D eigenvalue weighted by Crippen LogP contribution is -2.39. The van der Waals surface area contributed by atoms with Gasteiger partial charge in [0.25, 0.3) is 0 Å². The summed E-state index contributed by atoms with van der Waals surface area (Å²) in [5.74, 6) is 1.58. The van der Waals surface area contributed by atoms with Gasteiger partial charge in [0.1, 0.15) is 11.8 Å². The molecule has 0 spiro atoms. The molecular weight excluding hydrogens is 260 g/mol. The number of nitrogens with one attached hydrogen (secondary N) is 1. The number of nitriles is 1. The van der Waals surface area contributed by atoms with Crippen LogP contribution in [-0.4, -0.2) is 12.6 Å². The lowest BCUT2D eigenvalue weighted by molar-refractivity contribution is 0.240. The van der Waals surface area contributed by atoms with Gasteiger partial charge in [0.2, 0.25) is 0 Å². The highest BCUT2D eigenvalue weighted by Crippen LogP contribution is 2.29. The predicted octanol–water partition coefficient (Wildman–Crippen LogP) is 4.21. The minimum Gasteiger partial charge on any atom is -0.479 e. The third kappa shape index (κ3) is 4.47. The highest BCUT2D eigenvalue weighted by molar-refractivity contribution is 5.29. The van der Waals surface area contributed by atoms with Crippen LogP contribution in [0.3, 0.4) is 0 Å². The maximum absolute atomic E-state index is 8.52. The minimum absolute atomic E-state index is 0.105. The quantitative estimate of drug-likeness (QED) is 0.852. The van der Waals surface area contributed by atoms with Gasteiger partial charge >= 0.3 is 0 Å². The van der Waals surface area contributed by atoms with Gasteiger partial charge in [-0.25, -0.2) is 0 Å². The summed E-state index contributed by atoms with van der Waals surface area (Å²) in [7, 11) is 0. The summed E-state index contributed by atoms with van der Waals surface area (Å²) in [5.41, 5.74) is 1.28. The summed E-state index contributed by atoms with van der Waals surface area (Å²) in [6, 6.07) is 11.1. The van der Waals surface area contributed by atoms with E-state index >= 15 is 0 Å². The van der Waals surface area contributed by atoms with Gasteiger partial charge in [-0.1, -0.05) is 38.3 Å². The van der Waals surface area contributed by atoms with Crippen LogP contribution in [0.15, 0.2) is 24.3 Å². The van der Waals surface area contributed by atoms with Gasteiger partial charge < -0.3 is 10.1 Å². The minimum atomic E-state index is 0.105. The summed E-state index contributed by atoms with van der Waals surface area (Å²) < 4.78 is 5.29. The number of nitrogens with zero attached hydrogens (tertiary/aromatic N) is 1. The number of hydrogen-bond donors (Lipinski definition) is 1. The second kappa shape index (κ2) is 8.05. The second-order valence-electron chi connectivity index (χ2n) is 5.96. The molecule has 1 saturated carbocycles. The van der Waals surface area contributed by atoms with Crippen LogP contribution in [0.5, 0.6) is 5.75 Å². The van der Waals surface area contributed by atoms with E-state index < -0.39 is 0 Å². The average molecular weight is 286 g/mol. The molecule has 21 heavy (non-hydrogen) atoms. The zero-order valence-corrected chi connectivity index (χ0v) is 13.1. The lowest BCUT2D eigenvalue weighted by Gasteiger charge is -2.34. The van der Waals surface area contributed by atoms with Gasteiger partial charge in [0, 0.05) is 12.1 Å². The van der Waals surface area contributed by atoms with Crippen LogP contribution in [-0.2, 0) is 0 Å². The second-order valence-corrected chi connectivity index (χ2v) is 5.96. The fourth-order valence-electron chi connectivity index (χ4n) is 3.30. The summed E-state index contributed by atoms with van der Waals surface area (Å²) in [4.78, 5) is 0. The normalized spacial score (nSPS) is 23.3. The number of ether oxygens (including phenoxy) is 1. The summed E-state index contributed by atoms with van der Waals surface area (Å²) in [6.07, 6.45) is 6.66. The highest BCUT2D eigenvalue weighted by atomic mass is 16.5. The maximum atomic E-state index is 8.52. The maximum Gasteiger partial charge on any atom is 0.174 e. The molecule has 3 atom stereocenters. The standard InChI is InChI=1S/C18H26N2O/c1-3-15-6-4-5-7-18(15)20-14(2)16-8-10-17(11-9-16)21-13-12-19/h8-11,14-15,18,20H,3-7,13H2,1-2H3. The van der Waals surface area contributed by atoms with E-state index in [0.29, 0.717) is 12.1 Å². The topological polar surface area (TPSA) is 45.0 Å². The van der Waals surface area contributed by atoms with Crippen molar-refractivity contribution in [3.8, 4) is 11.8 Å². The van der Waals surface area contributed by atoms with Crippen LogP contribution in [0.25, 0.3) is 0 Å². The Hall–Kier alpha value is -1.53. The van der Waals surface area contributed by atoms with E-state index in [9.17, 15) is 0 Å². The molecule has 0 bridgehead atoms. The van der Waals surface area contributed by atoms with Gasteiger partial charge in [-0.3, -0.25) is 0 Å². The first kappa shape index (κ1) is 15.9. The molecule has 1 N–H and O–H groups in total. The van der Waals surface area contributed by atoms with Crippen molar-refractivity contribution in [1.29, 1.82) is 5.26 Å². The molecule has 0 aromatic heterocycles. The fraction of sp³-hybridized carbons (Fsp3) is 0.611. The van der Waals surface area contributed by atoms with E-state index in [0.717, 1.165) is 11.7 Å². The van der Waals surface area contributed by atoms with Gasteiger partial charge in [-0.2, -0.15) is 5.26 Å². The molecule has 114 valence electrons. The molecule has 0 amide bonds. The molecule has 1 aliphatic rings. The van der Waals surface area contributed by atoms with E-state index in [1.54, 1.807) is 0 Å². The van der Waals surface area contributed by atoms with Crippen LogP contribution in [0.1, 0.15) is 57.6 Å². The average Bonchev–Trinajstić information content (AvgIpc) is 2.54. The smallest absolute Gasteiger partial charge is 0.174 e. The van der Waals surface area contributed by atoms with Crippen molar-refractivity contribution >= 4 is 0 Å². The van der Waals surface area contributed by atoms with Gasteiger partial charge in [-0.05, 0) is 43.4 Å². The Morgan fingerprint density at radius 1 is 1.29 bits per heavy atom. The number of hydrogen-bond acceptors (Lipinski definition) is 3. The summed E-state index contributed by atoms with van der Waals surface area (Å²) >= 11 is 0. The van der Waals surface area contributed by atoms with Crippen molar-refractivity contribution < 1.29 is 4.74 Å². The molecule has 0 aliphatic heterocycles. The van der Waals surface area contributed by atoms with Crippen molar-refractivity contribution in [2.75, 3.05) is 6.61 Å². The van der Waals surface area contributed by atoms with Crippen molar-refractivity contribution in [2.24, 2.45) is 5.92 Å². The van der Waals surface area contributed by atoms with Crippen LogP contribution >= 0.6 is 0 Å². The Balaban J connectivity index is 1.93. The van der Waals surface area contributed by atoms with Gasteiger partial charge in [0.15, 0.2) is 6.61 Å². The molecule has 1 aliphatic carbocycles. The van der Waals surface area contributed by atoms with Crippen LogP contribution in [0.2, 0.25) is 0 Å². The molecule has 3 heteroatoms. The summed E-state index contributed by atoms with van der Waals surface area (Å²) in [6.45, 7) is 4.64. The first-order valence-electron chi connectivity index (χ1n) is 8.10. The Labute approximate surface area is 128 Å². The molecule has 3 nitrogen and oxygen atoms in total. The monoisotopic (exact) mass is 286 g/mol. The lowest BCUT2D eigenvalue weighted by atomic mass is 9.82. The van der Waals surface area contributed by atoms with E-state index in [4.69, 9.17) is 10.00 Å². The molecule has 1 aromatic carbocycles. The highest BCUT2D eigenvalue weighted by Gasteiger charge is 2.24. The Bertz CT molecular complexity index is 463. The first-order valence-corrected chi connectivity index (χ1v) is 8.10. The molecule has 0 saturated heterocycles. The molecule has 1 fully saturated rings. The van der Waals surface area contributed by atoms with Gasteiger partial charge in [0.05, 0.1) is 0 Å². The first-order chi connectivity index (χ1) is 10.2. The van der Waals surface area contributed by atoms with Crippen LogP contribution in [0, 0.1) is 17.2 Å². The predicted molar refractivity (Wildman–Crippen MR) is 85.1 cm³/mol. The largest absolute Gasteiger partial charge is 0.479 e. The van der Waals surface area contributed by atoms with Crippen molar-refractivity contribution in [3.63, 3.8) is 0 Å². The zero-order valence-electron chi connectivity index (χ0n) is 13.1. The number of benzene rings is 1. The molecular formula is C18H26N2O. The third-order valence-electron chi connectivity index (χ3n) is 4.58. The van der Waals surface area contributed by atoms with E-state index in [-0.39, 0.29) is 6.61 Å². The summed E-state index contributed by atoms with van der Waals surface area (Å²) in [5, 5.41) is 12.3. The van der Waals surface area contributed by atoms with E-state index in [2.05, 4.69) is 31.3 Å². The zero-order chi connectivity index (χ0) is 15.1.